The van der Waals surface area contributed by atoms with E-state index in [1.165, 1.54) is 24.3 Å². The van der Waals surface area contributed by atoms with Crippen LogP contribution in [0.2, 0.25) is 0 Å². The molecule has 5 heteroatoms. The number of rotatable bonds is 3. The lowest BCUT2D eigenvalue weighted by molar-refractivity contribution is 0.163. The Bertz CT molecular complexity index is 1150. The van der Waals surface area contributed by atoms with E-state index in [0.717, 1.165) is 40.8 Å². The molecular formula is C23H18F2N2O. The van der Waals surface area contributed by atoms with Gasteiger partial charge in [0, 0.05) is 6.54 Å². The quantitative estimate of drug-likeness (QED) is 0.477. The fraction of sp³-hybridized carbons (Fsp3) is 0.174. The molecule has 0 saturated heterocycles. The van der Waals surface area contributed by atoms with Gasteiger partial charge in [-0.2, -0.15) is 0 Å². The van der Waals surface area contributed by atoms with Crippen LogP contribution in [0.3, 0.4) is 0 Å². The summed E-state index contributed by atoms with van der Waals surface area (Å²) >= 11 is 0. The van der Waals surface area contributed by atoms with Crippen LogP contribution in [0.25, 0.3) is 11.0 Å². The molecule has 28 heavy (non-hydrogen) atoms. The van der Waals surface area contributed by atoms with Gasteiger partial charge in [-0.1, -0.05) is 24.3 Å². The van der Waals surface area contributed by atoms with Gasteiger partial charge in [0.1, 0.15) is 17.4 Å². The van der Waals surface area contributed by atoms with Crippen LogP contribution in [-0.2, 0) is 13.0 Å². The third kappa shape index (κ3) is 3.03. The number of hydrogen-bond donors (Lipinski definition) is 0. The molecule has 5 rings (SSSR count). The Balaban J connectivity index is 1.55. The van der Waals surface area contributed by atoms with Gasteiger partial charge in [0.05, 0.1) is 11.0 Å². The molecule has 0 N–H and O–H groups in total. The van der Waals surface area contributed by atoms with Crippen LogP contribution >= 0.6 is 0 Å². The van der Waals surface area contributed by atoms with Gasteiger partial charge in [-0.05, 0) is 66.4 Å². The molecule has 1 aliphatic heterocycles. The third-order valence-corrected chi connectivity index (χ3v) is 5.19. The average Bonchev–Trinajstić information content (AvgIpc) is 3.08. The summed E-state index contributed by atoms with van der Waals surface area (Å²) in [4.78, 5) is 4.83. The minimum atomic E-state index is -0.251. The van der Waals surface area contributed by atoms with Crippen LogP contribution in [0.5, 0.6) is 5.75 Å². The molecule has 1 aromatic heterocycles. The smallest absolute Gasteiger partial charge is 0.157 e. The summed E-state index contributed by atoms with van der Waals surface area (Å²) in [7, 11) is 0. The Labute approximate surface area is 161 Å². The van der Waals surface area contributed by atoms with Crippen molar-refractivity contribution < 1.29 is 13.5 Å². The lowest BCUT2D eigenvalue weighted by atomic mass is 10.0. The number of ether oxygens (including phenoxy) is 1. The predicted octanol–water partition coefficient (Wildman–Crippen LogP) is 5.43. The number of para-hydroxylation sites is 2. The number of fused-ring (bicyclic) bond motifs is 2. The second-order valence-corrected chi connectivity index (χ2v) is 7.07. The van der Waals surface area contributed by atoms with E-state index in [0.29, 0.717) is 12.3 Å². The maximum atomic E-state index is 13.5. The average molecular weight is 376 g/mol. The van der Waals surface area contributed by atoms with Crippen molar-refractivity contribution in [1.82, 2.24) is 9.55 Å². The van der Waals surface area contributed by atoms with Crippen molar-refractivity contribution in [1.29, 1.82) is 0 Å². The van der Waals surface area contributed by atoms with Gasteiger partial charge in [-0.15, -0.1) is 0 Å². The zero-order valence-electron chi connectivity index (χ0n) is 15.1. The molecule has 0 aliphatic carbocycles. The van der Waals surface area contributed by atoms with Crippen molar-refractivity contribution >= 4 is 11.0 Å². The van der Waals surface area contributed by atoms with Crippen molar-refractivity contribution in [3.05, 3.63) is 95.3 Å². The van der Waals surface area contributed by atoms with Gasteiger partial charge >= 0.3 is 0 Å². The number of imidazole rings is 1. The fourth-order valence-electron chi connectivity index (χ4n) is 3.82. The summed E-state index contributed by atoms with van der Waals surface area (Å²) in [5.41, 5.74) is 3.78. The van der Waals surface area contributed by atoms with E-state index in [-0.39, 0.29) is 17.7 Å². The summed E-state index contributed by atoms with van der Waals surface area (Å²) in [5.74, 6) is 1.04. The summed E-state index contributed by atoms with van der Waals surface area (Å²) in [6.45, 7) is 0.576. The number of aromatic nitrogens is 2. The van der Waals surface area contributed by atoms with E-state index < -0.39 is 0 Å². The maximum absolute atomic E-state index is 13.5. The Kier molecular flexibility index (Phi) is 4.08. The highest BCUT2D eigenvalue weighted by Gasteiger charge is 2.27. The van der Waals surface area contributed by atoms with Crippen molar-refractivity contribution in [3.63, 3.8) is 0 Å². The first-order chi connectivity index (χ1) is 13.7. The van der Waals surface area contributed by atoms with Crippen LogP contribution in [-0.4, -0.2) is 9.55 Å². The van der Waals surface area contributed by atoms with Crippen LogP contribution in [0.4, 0.5) is 8.78 Å². The van der Waals surface area contributed by atoms with Crippen molar-refractivity contribution in [2.75, 3.05) is 0 Å². The number of aryl methyl sites for hydroxylation is 1. The van der Waals surface area contributed by atoms with Crippen molar-refractivity contribution in [3.8, 4) is 5.75 Å². The normalized spacial score (nSPS) is 16.0. The summed E-state index contributed by atoms with van der Waals surface area (Å²) < 4.78 is 35.1. The Hall–Kier alpha value is -3.21. The lowest BCUT2D eigenvalue weighted by Crippen LogP contribution is -2.20. The van der Waals surface area contributed by atoms with E-state index in [1.807, 2.05) is 24.3 Å². The Morgan fingerprint density at radius 2 is 1.75 bits per heavy atom. The van der Waals surface area contributed by atoms with E-state index in [1.54, 1.807) is 18.2 Å². The molecule has 0 bridgehead atoms. The zero-order chi connectivity index (χ0) is 19.1. The molecule has 3 nitrogen and oxygen atoms in total. The monoisotopic (exact) mass is 376 g/mol. The third-order valence-electron chi connectivity index (χ3n) is 5.19. The molecule has 4 aromatic rings. The van der Waals surface area contributed by atoms with Crippen molar-refractivity contribution in [2.45, 2.75) is 25.5 Å². The fourth-order valence-corrected chi connectivity index (χ4v) is 3.82. The first-order valence-corrected chi connectivity index (χ1v) is 9.32. The molecule has 2 heterocycles. The van der Waals surface area contributed by atoms with Crippen LogP contribution in [0.1, 0.15) is 29.5 Å². The van der Waals surface area contributed by atoms with E-state index >= 15 is 0 Å². The standard InChI is InChI=1S/C23H18F2N2O/c24-17-8-5-15(6-9-17)14-27-20-4-2-1-3-19(20)26-23(27)22-11-7-16-13-18(25)10-12-21(16)28-22/h1-6,8-10,12-13,22H,7,11,14H2. The first kappa shape index (κ1) is 16.9. The largest absolute Gasteiger partial charge is 0.482 e. The summed E-state index contributed by atoms with van der Waals surface area (Å²) in [6.07, 6.45) is 1.24. The molecule has 140 valence electrons. The maximum Gasteiger partial charge on any atom is 0.157 e. The van der Waals surface area contributed by atoms with Gasteiger partial charge in [0.15, 0.2) is 11.9 Å². The van der Waals surface area contributed by atoms with Crippen LogP contribution < -0.4 is 4.74 Å². The molecule has 0 amide bonds. The lowest BCUT2D eigenvalue weighted by Gasteiger charge is -2.26. The van der Waals surface area contributed by atoms with E-state index in [9.17, 15) is 8.78 Å². The zero-order valence-corrected chi connectivity index (χ0v) is 15.1. The number of benzene rings is 3. The number of nitrogens with zero attached hydrogens (tertiary/aromatic N) is 2. The molecular weight excluding hydrogens is 358 g/mol. The summed E-state index contributed by atoms with van der Waals surface area (Å²) in [6, 6.07) is 19.1. The topological polar surface area (TPSA) is 27.1 Å². The Morgan fingerprint density at radius 1 is 0.964 bits per heavy atom. The van der Waals surface area contributed by atoms with Crippen LogP contribution in [0, 0.1) is 11.6 Å². The van der Waals surface area contributed by atoms with Gasteiger partial charge in [-0.25, -0.2) is 13.8 Å². The highest BCUT2D eigenvalue weighted by atomic mass is 19.1. The number of halogens is 2. The highest BCUT2D eigenvalue weighted by Crippen LogP contribution is 2.36. The van der Waals surface area contributed by atoms with E-state index in [2.05, 4.69) is 4.57 Å². The molecule has 1 aliphatic rings. The van der Waals surface area contributed by atoms with Gasteiger partial charge in [-0.3, -0.25) is 0 Å². The minimum Gasteiger partial charge on any atom is -0.482 e. The molecule has 0 spiro atoms. The van der Waals surface area contributed by atoms with Crippen LogP contribution in [0.15, 0.2) is 66.7 Å². The molecule has 0 radical (unpaired) electrons. The van der Waals surface area contributed by atoms with E-state index in [4.69, 9.17) is 9.72 Å². The molecule has 3 aromatic carbocycles. The minimum absolute atomic E-state index is 0.217. The first-order valence-electron chi connectivity index (χ1n) is 9.32. The van der Waals surface area contributed by atoms with Crippen molar-refractivity contribution in [2.24, 2.45) is 0 Å². The predicted molar refractivity (Wildman–Crippen MR) is 103 cm³/mol. The second-order valence-electron chi connectivity index (χ2n) is 7.07. The molecule has 0 fully saturated rings. The Morgan fingerprint density at radius 3 is 2.61 bits per heavy atom. The number of hydrogen-bond acceptors (Lipinski definition) is 2. The molecule has 1 unspecified atom stereocenters. The van der Waals surface area contributed by atoms with Gasteiger partial charge < -0.3 is 9.30 Å². The summed E-state index contributed by atoms with van der Waals surface area (Å²) in [5, 5.41) is 0. The highest BCUT2D eigenvalue weighted by molar-refractivity contribution is 5.76. The van der Waals surface area contributed by atoms with Gasteiger partial charge in [0.2, 0.25) is 0 Å². The second kappa shape index (κ2) is 6.75. The van der Waals surface area contributed by atoms with Gasteiger partial charge in [0.25, 0.3) is 0 Å². The molecule has 1 atom stereocenters. The molecule has 0 saturated carbocycles. The SMILES string of the molecule is Fc1ccc(Cn2c(C3CCc4cc(F)ccc4O3)nc3ccccc32)cc1.